The molecule has 0 radical (unpaired) electrons. The molecular formula is C23H27FN8. The van der Waals surface area contributed by atoms with Gasteiger partial charge < -0.3 is 21.7 Å². The summed E-state index contributed by atoms with van der Waals surface area (Å²) >= 11 is 0. The van der Waals surface area contributed by atoms with Crippen LogP contribution >= 0.6 is 0 Å². The Labute approximate surface area is 186 Å². The minimum atomic E-state index is -0.490. The Morgan fingerprint density at radius 1 is 1.19 bits per heavy atom. The van der Waals surface area contributed by atoms with Gasteiger partial charge >= 0.3 is 0 Å². The molecule has 0 unspecified atom stereocenters. The van der Waals surface area contributed by atoms with E-state index in [2.05, 4.69) is 43.7 Å². The predicted octanol–water partition coefficient (Wildman–Crippen LogP) is 3.45. The van der Waals surface area contributed by atoms with Gasteiger partial charge in [0.2, 0.25) is 0 Å². The third kappa shape index (κ3) is 4.38. The summed E-state index contributed by atoms with van der Waals surface area (Å²) in [5.74, 6) is 0.319. The molecule has 0 amide bonds. The highest BCUT2D eigenvalue weighted by molar-refractivity contribution is 5.82. The monoisotopic (exact) mass is 434 g/mol. The second-order valence-corrected chi connectivity index (χ2v) is 8.00. The second-order valence-electron chi connectivity index (χ2n) is 8.00. The number of aromatic nitrogens is 4. The summed E-state index contributed by atoms with van der Waals surface area (Å²) in [6.07, 6.45) is 7.38. The van der Waals surface area contributed by atoms with Crippen molar-refractivity contribution in [3.63, 3.8) is 0 Å². The lowest BCUT2D eigenvalue weighted by Gasteiger charge is -2.40. The number of hydrogen-bond acceptors (Lipinski definition) is 8. The van der Waals surface area contributed by atoms with E-state index in [0.717, 1.165) is 38.0 Å². The molecule has 0 saturated carbocycles. The fourth-order valence-corrected chi connectivity index (χ4v) is 3.81. The molecule has 1 saturated heterocycles. The van der Waals surface area contributed by atoms with Crippen molar-refractivity contribution in [2.24, 2.45) is 5.73 Å². The number of nitrogens with two attached hydrogens (primary N) is 2. The molecule has 32 heavy (non-hydrogen) atoms. The van der Waals surface area contributed by atoms with E-state index >= 15 is 0 Å². The lowest BCUT2D eigenvalue weighted by Crippen LogP contribution is -2.50. The molecule has 4 rings (SSSR count). The lowest BCUT2D eigenvalue weighted by atomic mass is 9.86. The Morgan fingerprint density at radius 2 is 1.91 bits per heavy atom. The van der Waals surface area contributed by atoms with Crippen molar-refractivity contribution < 1.29 is 4.39 Å². The highest BCUT2D eigenvalue weighted by Gasteiger charge is 2.30. The SMILES string of the molecule is C=C(Nc1ncccc1N1CCC(N)(CC)CC1)c1nc(-c2ncccc2F)cnc1N. The first-order valence-electron chi connectivity index (χ1n) is 10.6. The minimum Gasteiger partial charge on any atom is -0.382 e. The van der Waals surface area contributed by atoms with Crippen molar-refractivity contribution in [1.29, 1.82) is 0 Å². The minimum absolute atomic E-state index is 0.0992. The number of piperidine rings is 1. The van der Waals surface area contributed by atoms with E-state index in [1.54, 1.807) is 6.20 Å². The summed E-state index contributed by atoms with van der Waals surface area (Å²) in [6, 6.07) is 6.74. The summed E-state index contributed by atoms with van der Waals surface area (Å²) in [7, 11) is 0. The molecule has 166 valence electrons. The van der Waals surface area contributed by atoms with Gasteiger partial charge in [-0.1, -0.05) is 13.5 Å². The summed E-state index contributed by atoms with van der Waals surface area (Å²) in [5.41, 5.74) is 14.4. The molecule has 0 bridgehead atoms. The van der Waals surface area contributed by atoms with Gasteiger partial charge in [0.05, 0.1) is 17.6 Å². The smallest absolute Gasteiger partial charge is 0.154 e. The first-order valence-corrected chi connectivity index (χ1v) is 10.6. The number of hydrogen-bond donors (Lipinski definition) is 3. The summed E-state index contributed by atoms with van der Waals surface area (Å²) in [5, 5.41) is 3.22. The van der Waals surface area contributed by atoms with Crippen LogP contribution in [0.3, 0.4) is 0 Å². The fraction of sp³-hybridized carbons (Fsp3) is 0.304. The molecule has 0 aliphatic carbocycles. The zero-order valence-corrected chi connectivity index (χ0v) is 18.1. The normalized spacial score (nSPS) is 15.4. The molecule has 3 aromatic heterocycles. The molecule has 4 heterocycles. The quantitative estimate of drug-likeness (QED) is 0.540. The van der Waals surface area contributed by atoms with Gasteiger partial charge in [-0.3, -0.25) is 4.98 Å². The zero-order chi connectivity index (χ0) is 22.7. The Bertz CT molecular complexity index is 1120. The molecular weight excluding hydrogens is 407 g/mol. The molecule has 1 fully saturated rings. The maximum atomic E-state index is 14.2. The molecule has 0 aromatic carbocycles. The van der Waals surface area contributed by atoms with Crippen LogP contribution in [0.4, 0.5) is 21.7 Å². The number of anilines is 3. The third-order valence-corrected chi connectivity index (χ3v) is 5.95. The molecule has 5 N–H and O–H groups in total. The third-order valence-electron chi connectivity index (χ3n) is 5.95. The maximum Gasteiger partial charge on any atom is 0.154 e. The molecule has 1 aliphatic heterocycles. The van der Waals surface area contributed by atoms with Gasteiger partial charge in [0.1, 0.15) is 17.1 Å². The van der Waals surface area contributed by atoms with Crippen LogP contribution in [0.5, 0.6) is 0 Å². The number of rotatable bonds is 6. The zero-order valence-electron chi connectivity index (χ0n) is 18.1. The average molecular weight is 435 g/mol. The van der Waals surface area contributed by atoms with Crippen LogP contribution in [-0.4, -0.2) is 38.6 Å². The van der Waals surface area contributed by atoms with Gasteiger partial charge in [-0.15, -0.1) is 0 Å². The number of pyridine rings is 2. The van der Waals surface area contributed by atoms with E-state index in [9.17, 15) is 4.39 Å². The number of halogens is 1. The van der Waals surface area contributed by atoms with Crippen LogP contribution in [0.2, 0.25) is 0 Å². The van der Waals surface area contributed by atoms with E-state index in [1.807, 2.05) is 12.1 Å². The van der Waals surface area contributed by atoms with E-state index < -0.39 is 5.82 Å². The van der Waals surface area contributed by atoms with Crippen LogP contribution < -0.4 is 21.7 Å². The summed E-state index contributed by atoms with van der Waals surface area (Å²) < 4.78 is 14.2. The average Bonchev–Trinajstić information content (AvgIpc) is 2.81. The number of nitrogens with one attached hydrogen (secondary N) is 1. The summed E-state index contributed by atoms with van der Waals surface area (Å²) in [4.78, 5) is 19.4. The Hall–Kier alpha value is -3.59. The van der Waals surface area contributed by atoms with E-state index in [-0.39, 0.29) is 22.7 Å². The Morgan fingerprint density at radius 3 is 2.62 bits per heavy atom. The van der Waals surface area contributed by atoms with E-state index in [1.165, 1.54) is 24.5 Å². The highest BCUT2D eigenvalue weighted by Crippen LogP contribution is 2.32. The first kappa shape index (κ1) is 21.6. The van der Waals surface area contributed by atoms with E-state index in [4.69, 9.17) is 11.5 Å². The number of nitrogens with zero attached hydrogens (tertiary/aromatic N) is 5. The van der Waals surface area contributed by atoms with Gasteiger partial charge in [-0.05, 0) is 43.5 Å². The Balaban J connectivity index is 1.58. The van der Waals surface area contributed by atoms with Crippen LogP contribution in [0.15, 0.2) is 49.4 Å². The topological polar surface area (TPSA) is 119 Å². The van der Waals surface area contributed by atoms with Crippen LogP contribution in [0.1, 0.15) is 31.9 Å². The Kier molecular flexibility index (Phi) is 6.00. The largest absolute Gasteiger partial charge is 0.382 e. The van der Waals surface area contributed by atoms with Crippen LogP contribution in [0.25, 0.3) is 17.1 Å². The van der Waals surface area contributed by atoms with Crippen molar-refractivity contribution in [3.05, 3.63) is 60.9 Å². The number of nitrogen functional groups attached to an aromatic ring is 1. The fourth-order valence-electron chi connectivity index (χ4n) is 3.81. The second kappa shape index (κ2) is 8.88. The van der Waals surface area contributed by atoms with Gasteiger partial charge in [0.25, 0.3) is 0 Å². The summed E-state index contributed by atoms with van der Waals surface area (Å²) in [6.45, 7) is 7.89. The van der Waals surface area contributed by atoms with Crippen molar-refractivity contribution in [2.45, 2.75) is 31.7 Å². The van der Waals surface area contributed by atoms with Crippen LogP contribution in [-0.2, 0) is 0 Å². The van der Waals surface area contributed by atoms with Gasteiger partial charge in [0, 0.05) is 31.0 Å². The van der Waals surface area contributed by atoms with Gasteiger partial charge in [0.15, 0.2) is 17.5 Å². The molecule has 0 atom stereocenters. The maximum absolute atomic E-state index is 14.2. The van der Waals surface area contributed by atoms with Crippen molar-refractivity contribution in [1.82, 2.24) is 19.9 Å². The van der Waals surface area contributed by atoms with Crippen molar-refractivity contribution in [3.8, 4) is 11.4 Å². The molecule has 8 nitrogen and oxygen atoms in total. The predicted molar refractivity (Wildman–Crippen MR) is 125 cm³/mol. The van der Waals surface area contributed by atoms with Crippen molar-refractivity contribution >= 4 is 23.0 Å². The lowest BCUT2D eigenvalue weighted by molar-refractivity contribution is 0.323. The molecule has 9 heteroatoms. The van der Waals surface area contributed by atoms with Crippen LogP contribution in [0, 0.1) is 5.82 Å². The first-order chi connectivity index (χ1) is 15.4. The van der Waals surface area contributed by atoms with Crippen molar-refractivity contribution in [2.75, 3.05) is 29.0 Å². The van der Waals surface area contributed by atoms with E-state index in [0.29, 0.717) is 17.2 Å². The van der Waals surface area contributed by atoms with Gasteiger partial charge in [-0.2, -0.15) is 0 Å². The molecule has 0 spiro atoms. The van der Waals surface area contributed by atoms with Gasteiger partial charge in [-0.25, -0.2) is 19.3 Å². The standard InChI is InChI=1S/C23H27FN8/c1-3-23(26)8-12-32(13-9-23)18-7-5-11-28-22(18)30-15(2)19-21(25)29-14-17(31-19)20-16(24)6-4-10-27-20/h4-7,10-11,14H,2-3,8-9,12-13,26H2,1H3,(H2,25,29)(H,28,30). The molecule has 3 aromatic rings. The highest BCUT2D eigenvalue weighted by atomic mass is 19.1. The molecule has 1 aliphatic rings.